The van der Waals surface area contributed by atoms with Crippen molar-refractivity contribution in [2.24, 2.45) is 5.10 Å². The summed E-state index contributed by atoms with van der Waals surface area (Å²) in [5.74, 6) is 0.411. The van der Waals surface area contributed by atoms with E-state index in [1.54, 1.807) is 60.7 Å². The summed E-state index contributed by atoms with van der Waals surface area (Å²) in [6.07, 6.45) is 1.39. The van der Waals surface area contributed by atoms with Gasteiger partial charge in [0.05, 0.1) is 11.2 Å². The summed E-state index contributed by atoms with van der Waals surface area (Å²) in [6.45, 7) is 0.129. The zero-order valence-electron chi connectivity index (χ0n) is 15.2. The number of ether oxygens (including phenoxy) is 2. The Morgan fingerprint density at radius 1 is 1.00 bits per heavy atom. The number of benzene rings is 3. The largest absolute Gasteiger partial charge is 0.454 e. The summed E-state index contributed by atoms with van der Waals surface area (Å²) in [7, 11) is 0. The molecule has 4 rings (SSSR count). The number of hydrogen-bond donors (Lipinski definition) is 2. The minimum Gasteiger partial charge on any atom is -0.454 e. The first-order valence-electron chi connectivity index (χ1n) is 8.85. The number of hydrogen-bond acceptors (Lipinski definition) is 5. The fraction of sp³-hybridized carbons (Fsp3) is 0.0909. The summed E-state index contributed by atoms with van der Waals surface area (Å²) in [4.78, 5) is 13.0. The molecule has 6 nitrogen and oxygen atoms in total. The molecule has 0 radical (unpaired) electrons. The van der Waals surface area contributed by atoms with Crippen molar-refractivity contribution in [3.8, 4) is 11.5 Å². The number of amides is 1. The molecule has 29 heavy (non-hydrogen) atoms. The van der Waals surface area contributed by atoms with E-state index in [0.29, 0.717) is 33.2 Å². The summed E-state index contributed by atoms with van der Waals surface area (Å²) in [5, 5.41) is 15.7. The van der Waals surface area contributed by atoms with E-state index >= 15 is 0 Å². The quantitative estimate of drug-likeness (QED) is 0.500. The lowest BCUT2D eigenvalue weighted by atomic mass is 9.85. The second-order valence-electron chi connectivity index (χ2n) is 6.37. The lowest BCUT2D eigenvalue weighted by Gasteiger charge is -2.27. The molecular formula is C22H17ClN2O4. The van der Waals surface area contributed by atoms with Crippen molar-refractivity contribution in [3.05, 3.63) is 94.5 Å². The molecule has 0 atom stereocenters. The normalized spacial score (nSPS) is 12.9. The molecule has 0 aromatic heterocycles. The van der Waals surface area contributed by atoms with Crippen LogP contribution in [0.1, 0.15) is 16.7 Å². The van der Waals surface area contributed by atoms with Gasteiger partial charge in [0.25, 0.3) is 5.91 Å². The Morgan fingerprint density at radius 2 is 1.55 bits per heavy atom. The highest BCUT2D eigenvalue weighted by molar-refractivity contribution is 6.33. The zero-order valence-corrected chi connectivity index (χ0v) is 16.0. The van der Waals surface area contributed by atoms with Crippen LogP contribution in [-0.4, -0.2) is 24.0 Å². The fourth-order valence-electron chi connectivity index (χ4n) is 3.06. The van der Waals surface area contributed by atoms with E-state index in [0.717, 1.165) is 0 Å². The number of halogens is 1. The molecule has 1 heterocycles. The molecule has 0 fully saturated rings. The summed E-state index contributed by atoms with van der Waals surface area (Å²) < 4.78 is 10.6. The lowest BCUT2D eigenvalue weighted by molar-refractivity contribution is -0.136. The lowest BCUT2D eigenvalue weighted by Crippen LogP contribution is -2.43. The van der Waals surface area contributed by atoms with Gasteiger partial charge in [0, 0.05) is 11.6 Å². The molecule has 3 aromatic rings. The van der Waals surface area contributed by atoms with Crippen molar-refractivity contribution in [2.45, 2.75) is 5.60 Å². The molecule has 1 aliphatic heterocycles. The van der Waals surface area contributed by atoms with Gasteiger partial charge >= 0.3 is 0 Å². The molecule has 0 bridgehead atoms. The summed E-state index contributed by atoms with van der Waals surface area (Å²) in [6, 6.07) is 20.7. The average Bonchev–Trinajstić information content (AvgIpc) is 3.21. The van der Waals surface area contributed by atoms with Crippen molar-refractivity contribution in [2.75, 3.05) is 6.79 Å². The SMILES string of the molecule is O=C(N/N=C\c1cc2c(cc1Cl)OCO2)C(O)(c1ccccc1)c1ccccc1. The minimum atomic E-state index is -1.90. The molecule has 0 saturated heterocycles. The Balaban J connectivity index is 1.60. The van der Waals surface area contributed by atoms with Crippen LogP contribution in [0, 0.1) is 0 Å². The number of rotatable bonds is 5. The van der Waals surface area contributed by atoms with Crippen molar-refractivity contribution in [1.29, 1.82) is 0 Å². The molecule has 1 amide bonds. The van der Waals surface area contributed by atoms with Crippen LogP contribution in [0.5, 0.6) is 11.5 Å². The van der Waals surface area contributed by atoms with Crippen LogP contribution in [0.4, 0.5) is 0 Å². The highest BCUT2D eigenvalue weighted by atomic mass is 35.5. The second-order valence-corrected chi connectivity index (χ2v) is 6.78. The molecule has 0 spiro atoms. The predicted molar refractivity (Wildman–Crippen MR) is 109 cm³/mol. The van der Waals surface area contributed by atoms with Gasteiger partial charge in [0.2, 0.25) is 6.79 Å². The van der Waals surface area contributed by atoms with E-state index in [1.165, 1.54) is 6.21 Å². The van der Waals surface area contributed by atoms with E-state index in [-0.39, 0.29) is 6.79 Å². The Labute approximate surface area is 172 Å². The van der Waals surface area contributed by atoms with Crippen molar-refractivity contribution < 1.29 is 19.4 Å². The van der Waals surface area contributed by atoms with Gasteiger partial charge in [0.15, 0.2) is 17.1 Å². The maximum atomic E-state index is 13.0. The number of carbonyl (C=O) groups is 1. The summed E-state index contributed by atoms with van der Waals surface area (Å²) in [5.41, 5.74) is 1.91. The molecule has 2 N–H and O–H groups in total. The monoisotopic (exact) mass is 408 g/mol. The van der Waals surface area contributed by atoms with Gasteiger partial charge in [-0.15, -0.1) is 0 Å². The van der Waals surface area contributed by atoms with Crippen molar-refractivity contribution >= 4 is 23.7 Å². The Bertz CT molecular complexity index is 1020. The van der Waals surface area contributed by atoms with Crippen LogP contribution in [0.15, 0.2) is 77.9 Å². The van der Waals surface area contributed by atoms with Crippen LogP contribution >= 0.6 is 11.6 Å². The van der Waals surface area contributed by atoms with Gasteiger partial charge in [0.1, 0.15) is 0 Å². The number of aliphatic hydroxyl groups is 1. The molecule has 0 unspecified atom stereocenters. The number of carbonyl (C=O) groups excluding carboxylic acids is 1. The number of fused-ring (bicyclic) bond motifs is 1. The van der Waals surface area contributed by atoms with Gasteiger partial charge in [-0.05, 0) is 17.2 Å². The van der Waals surface area contributed by atoms with Crippen molar-refractivity contribution in [3.63, 3.8) is 0 Å². The van der Waals surface area contributed by atoms with Crippen LogP contribution in [0.3, 0.4) is 0 Å². The number of nitrogens with zero attached hydrogens (tertiary/aromatic N) is 1. The first kappa shape index (κ1) is 19.0. The Morgan fingerprint density at radius 3 is 2.14 bits per heavy atom. The van der Waals surface area contributed by atoms with Gasteiger partial charge in [-0.25, -0.2) is 5.43 Å². The Kier molecular flexibility index (Phi) is 5.20. The molecule has 146 valence electrons. The molecule has 7 heteroatoms. The minimum absolute atomic E-state index is 0.129. The Hall–Kier alpha value is -3.35. The molecule has 0 saturated carbocycles. The van der Waals surface area contributed by atoms with Crippen molar-refractivity contribution in [1.82, 2.24) is 5.43 Å². The number of nitrogens with one attached hydrogen (secondary N) is 1. The topological polar surface area (TPSA) is 80.2 Å². The van der Waals surface area contributed by atoms with E-state index in [2.05, 4.69) is 10.5 Å². The highest BCUT2D eigenvalue weighted by Gasteiger charge is 2.39. The van der Waals surface area contributed by atoms with Gasteiger partial charge in [-0.3, -0.25) is 4.79 Å². The van der Waals surface area contributed by atoms with Crippen LogP contribution < -0.4 is 14.9 Å². The van der Waals surface area contributed by atoms with Gasteiger partial charge in [-0.1, -0.05) is 72.3 Å². The van der Waals surface area contributed by atoms with Gasteiger partial charge < -0.3 is 14.6 Å². The smallest absolute Gasteiger partial charge is 0.281 e. The first-order valence-corrected chi connectivity index (χ1v) is 9.23. The van der Waals surface area contributed by atoms with Crippen LogP contribution in [-0.2, 0) is 10.4 Å². The third kappa shape index (κ3) is 3.68. The standard InChI is InChI=1S/C22H17ClN2O4/c23-18-12-20-19(28-14-29-20)11-15(18)13-24-25-21(26)22(27,16-7-3-1-4-8-16)17-9-5-2-6-10-17/h1-13,27H,14H2,(H,25,26)/b24-13-. The van der Waals surface area contributed by atoms with Crippen LogP contribution in [0.25, 0.3) is 0 Å². The third-order valence-electron chi connectivity index (χ3n) is 4.57. The predicted octanol–water partition coefficient (Wildman–Crippen LogP) is 3.45. The van der Waals surface area contributed by atoms with Crippen LogP contribution in [0.2, 0.25) is 5.02 Å². The van der Waals surface area contributed by atoms with E-state index < -0.39 is 11.5 Å². The fourth-order valence-corrected chi connectivity index (χ4v) is 3.26. The van der Waals surface area contributed by atoms with Gasteiger partial charge in [-0.2, -0.15) is 5.10 Å². The first-order chi connectivity index (χ1) is 14.1. The molecule has 3 aromatic carbocycles. The maximum absolute atomic E-state index is 13.0. The molecular weight excluding hydrogens is 392 g/mol. The number of hydrazone groups is 1. The third-order valence-corrected chi connectivity index (χ3v) is 4.90. The van der Waals surface area contributed by atoms with E-state index in [1.807, 2.05) is 12.1 Å². The molecule has 1 aliphatic rings. The highest BCUT2D eigenvalue weighted by Crippen LogP contribution is 2.36. The average molecular weight is 409 g/mol. The second kappa shape index (κ2) is 7.95. The summed E-state index contributed by atoms with van der Waals surface area (Å²) >= 11 is 6.22. The van der Waals surface area contributed by atoms with E-state index in [4.69, 9.17) is 21.1 Å². The molecule has 0 aliphatic carbocycles. The maximum Gasteiger partial charge on any atom is 0.281 e. The van der Waals surface area contributed by atoms with E-state index in [9.17, 15) is 9.90 Å². The zero-order chi connectivity index (χ0) is 20.3.